The number of rotatable bonds is 8. The highest BCUT2D eigenvalue weighted by Gasteiger charge is 2.23. The molecule has 0 fully saturated rings. The Morgan fingerprint density at radius 3 is 2.58 bits per heavy atom. The van der Waals surface area contributed by atoms with Crippen molar-refractivity contribution in [1.82, 2.24) is 15.3 Å². The van der Waals surface area contributed by atoms with Gasteiger partial charge in [-0.15, -0.1) is 0 Å². The molecule has 12 heteroatoms. The molecule has 4 rings (SSSR count). The number of aliphatic imine (C=N–C) groups is 1. The van der Waals surface area contributed by atoms with Gasteiger partial charge in [-0.2, -0.15) is 0 Å². The van der Waals surface area contributed by atoms with Gasteiger partial charge >= 0.3 is 0 Å². The summed E-state index contributed by atoms with van der Waals surface area (Å²) in [4.78, 5) is 24.8. The van der Waals surface area contributed by atoms with Crippen LogP contribution >= 0.6 is 34.8 Å². The molecule has 38 heavy (non-hydrogen) atoms. The molecule has 0 saturated carbocycles. The van der Waals surface area contributed by atoms with Crippen molar-refractivity contribution in [1.29, 1.82) is 5.41 Å². The number of benzene rings is 3. The zero-order valence-corrected chi connectivity index (χ0v) is 22.5. The number of amidine groups is 1. The molecule has 0 radical (unpaired) electrons. The predicted molar refractivity (Wildman–Crippen MR) is 150 cm³/mol. The highest BCUT2D eigenvalue weighted by molar-refractivity contribution is 6.40. The fourth-order valence-corrected chi connectivity index (χ4v) is 4.71. The summed E-state index contributed by atoms with van der Waals surface area (Å²) in [5.41, 5.74) is 2.44. The maximum Gasteiger partial charge on any atom is 0.254 e. The van der Waals surface area contributed by atoms with Gasteiger partial charge < -0.3 is 20.4 Å². The number of carbonyl (C=O) groups is 1. The van der Waals surface area contributed by atoms with Crippen LogP contribution in [0.5, 0.6) is 5.75 Å². The zero-order valence-electron chi connectivity index (χ0n) is 20.2. The number of imidazole rings is 1. The molecule has 0 saturated heterocycles. The van der Waals surface area contributed by atoms with Crippen molar-refractivity contribution in [3.63, 3.8) is 0 Å². The number of ether oxygens (including phenoxy) is 1. The highest BCUT2D eigenvalue weighted by Crippen LogP contribution is 2.32. The standard InChI is InChI=1S/C26H22Cl3FN6O2/c1-13(31)33-12-34-16-7-19(28)24(20(29)8-16)26(37)32-11-17(14-4-3-5-15(30)6-14)25-35-21-9-18(27)23(38-2)10-22(21)36-25/h3-10,12,17H,11H2,1-2H3,(H,32,37)(H,35,36)(H2,31,33,34). The zero-order chi connectivity index (χ0) is 27.4. The number of anilines is 1. The highest BCUT2D eigenvalue weighted by atomic mass is 35.5. The van der Waals surface area contributed by atoms with Gasteiger partial charge in [0.15, 0.2) is 0 Å². The van der Waals surface area contributed by atoms with Crippen molar-refractivity contribution in [2.45, 2.75) is 12.8 Å². The van der Waals surface area contributed by atoms with Crippen LogP contribution in [0.3, 0.4) is 0 Å². The fraction of sp³-hybridized carbons (Fsp3) is 0.154. The molecule has 0 aliphatic carbocycles. The van der Waals surface area contributed by atoms with E-state index in [2.05, 4.69) is 25.6 Å². The smallest absolute Gasteiger partial charge is 0.254 e. The summed E-state index contributed by atoms with van der Waals surface area (Å²) < 4.78 is 19.4. The SMILES string of the molecule is COc1cc2nc(C(CNC(=O)c3c(Cl)cc(N/C=N\C(C)=N)cc3Cl)c3cccc(F)c3)[nH]c2cc1Cl. The van der Waals surface area contributed by atoms with Gasteiger partial charge in [-0.05, 0) is 42.8 Å². The van der Waals surface area contributed by atoms with Gasteiger partial charge in [0.1, 0.15) is 23.2 Å². The molecule has 0 aliphatic heterocycles. The van der Waals surface area contributed by atoms with Crippen molar-refractivity contribution in [2.24, 2.45) is 4.99 Å². The Bertz CT molecular complexity index is 1530. The minimum Gasteiger partial charge on any atom is -0.495 e. The Labute approximate surface area is 232 Å². The van der Waals surface area contributed by atoms with Crippen molar-refractivity contribution >= 4 is 69.6 Å². The molecule has 4 N–H and O–H groups in total. The van der Waals surface area contributed by atoms with Gasteiger partial charge in [0.2, 0.25) is 0 Å². The van der Waals surface area contributed by atoms with Crippen LogP contribution in [-0.2, 0) is 0 Å². The lowest BCUT2D eigenvalue weighted by molar-refractivity contribution is 0.0952. The first-order valence-electron chi connectivity index (χ1n) is 11.3. The molecule has 0 aliphatic rings. The second-order valence-corrected chi connectivity index (χ2v) is 9.47. The molecule has 1 amide bonds. The number of amides is 1. The second kappa shape index (κ2) is 11.8. The Morgan fingerprint density at radius 1 is 1.18 bits per heavy atom. The van der Waals surface area contributed by atoms with Crippen LogP contribution < -0.4 is 15.4 Å². The summed E-state index contributed by atoms with van der Waals surface area (Å²) in [5.74, 6) is -0.397. The normalized spacial score (nSPS) is 12.1. The van der Waals surface area contributed by atoms with Crippen molar-refractivity contribution in [2.75, 3.05) is 19.0 Å². The maximum atomic E-state index is 14.1. The van der Waals surface area contributed by atoms with Crippen LogP contribution in [0.2, 0.25) is 15.1 Å². The Balaban J connectivity index is 1.62. The predicted octanol–water partition coefficient (Wildman–Crippen LogP) is 6.67. The molecule has 196 valence electrons. The fourth-order valence-electron chi connectivity index (χ4n) is 3.81. The van der Waals surface area contributed by atoms with Crippen molar-refractivity contribution in [3.05, 3.63) is 86.4 Å². The van der Waals surface area contributed by atoms with E-state index >= 15 is 0 Å². The second-order valence-electron chi connectivity index (χ2n) is 8.25. The van der Waals surface area contributed by atoms with E-state index in [1.165, 1.54) is 44.6 Å². The lowest BCUT2D eigenvalue weighted by Gasteiger charge is -2.17. The van der Waals surface area contributed by atoms with E-state index in [4.69, 9.17) is 44.9 Å². The molecular weight excluding hydrogens is 554 g/mol. The number of H-pyrrole nitrogens is 1. The van der Waals surface area contributed by atoms with Gasteiger partial charge in [-0.3, -0.25) is 10.2 Å². The number of aromatic nitrogens is 2. The number of methoxy groups -OCH3 is 1. The quantitative estimate of drug-likeness (QED) is 0.139. The van der Waals surface area contributed by atoms with Gasteiger partial charge in [0.25, 0.3) is 5.91 Å². The average Bonchev–Trinajstić information content (AvgIpc) is 3.25. The lowest BCUT2D eigenvalue weighted by atomic mass is 9.98. The number of aromatic amines is 1. The third-order valence-electron chi connectivity index (χ3n) is 5.58. The molecule has 1 unspecified atom stereocenters. The molecule has 1 aromatic heterocycles. The summed E-state index contributed by atoms with van der Waals surface area (Å²) in [6, 6.07) is 12.5. The van der Waals surface area contributed by atoms with E-state index < -0.39 is 17.6 Å². The van der Waals surface area contributed by atoms with E-state index in [0.29, 0.717) is 38.9 Å². The minimum atomic E-state index is -0.536. The average molecular weight is 576 g/mol. The molecule has 0 spiro atoms. The van der Waals surface area contributed by atoms with E-state index in [0.717, 1.165) is 0 Å². The number of hydrogen-bond donors (Lipinski definition) is 4. The summed E-state index contributed by atoms with van der Waals surface area (Å²) in [5, 5.41) is 13.7. The molecule has 0 bridgehead atoms. The molecule has 1 heterocycles. The third-order valence-corrected chi connectivity index (χ3v) is 6.47. The Hall–Kier alpha value is -3.66. The first-order valence-corrected chi connectivity index (χ1v) is 12.4. The maximum absolute atomic E-state index is 14.1. The first kappa shape index (κ1) is 27.4. The van der Waals surface area contributed by atoms with Crippen LogP contribution in [-0.4, -0.2) is 41.7 Å². The molecule has 3 aromatic carbocycles. The molecular formula is C26H22Cl3FN6O2. The van der Waals surface area contributed by atoms with Gasteiger partial charge in [0, 0.05) is 18.3 Å². The van der Waals surface area contributed by atoms with E-state index in [1.807, 2.05) is 0 Å². The van der Waals surface area contributed by atoms with E-state index in [1.54, 1.807) is 24.3 Å². The number of fused-ring (bicyclic) bond motifs is 1. The van der Waals surface area contributed by atoms with Gasteiger partial charge in [0.05, 0.1) is 51.0 Å². The Morgan fingerprint density at radius 2 is 1.92 bits per heavy atom. The van der Waals surface area contributed by atoms with Crippen LogP contribution in [0.15, 0.2) is 53.5 Å². The first-order chi connectivity index (χ1) is 18.2. The molecule has 8 nitrogen and oxygen atoms in total. The van der Waals surface area contributed by atoms with Crippen LogP contribution in [0.4, 0.5) is 10.1 Å². The van der Waals surface area contributed by atoms with Crippen molar-refractivity contribution in [3.8, 4) is 5.75 Å². The van der Waals surface area contributed by atoms with E-state index in [9.17, 15) is 9.18 Å². The Kier molecular flexibility index (Phi) is 8.51. The lowest BCUT2D eigenvalue weighted by Crippen LogP contribution is -2.30. The number of nitrogens with zero attached hydrogens (tertiary/aromatic N) is 2. The van der Waals surface area contributed by atoms with Gasteiger partial charge in [-0.25, -0.2) is 14.4 Å². The monoisotopic (exact) mass is 574 g/mol. The number of carbonyl (C=O) groups excluding carboxylic acids is 1. The largest absolute Gasteiger partial charge is 0.495 e. The number of nitrogens with one attached hydrogen (secondary N) is 4. The summed E-state index contributed by atoms with van der Waals surface area (Å²) in [6.07, 6.45) is 1.32. The topological polar surface area (TPSA) is 115 Å². The third kappa shape index (κ3) is 6.24. The number of halogens is 4. The van der Waals surface area contributed by atoms with Crippen molar-refractivity contribution < 1.29 is 13.9 Å². The van der Waals surface area contributed by atoms with Crippen LogP contribution in [0.25, 0.3) is 11.0 Å². The van der Waals surface area contributed by atoms with Gasteiger partial charge in [-0.1, -0.05) is 46.9 Å². The van der Waals surface area contributed by atoms with Crippen LogP contribution in [0, 0.1) is 11.2 Å². The molecule has 4 aromatic rings. The minimum absolute atomic E-state index is 0.0604. The molecule has 1 atom stereocenters. The van der Waals surface area contributed by atoms with E-state index in [-0.39, 0.29) is 28.0 Å². The summed E-state index contributed by atoms with van der Waals surface area (Å²) >= 11 is 19.0. The van der Waals surface area contributed by atoms with Crippen LogP contribution in [0.1, 0.15) is 34.6 Å². The summed E-state index contributed by atoms with van der Waals surface area (Å²) in [7, 11) is 1.51. The number of hydrogen-bond acceptors (Lipinski definition) is 4. The summed E-state index contributed by atoms with van der Waals surface area (Å²) in [6.45, 7) is 1.59.